The van der Waals surface area contributed by atoms with Gasteiger partial charge in [-0.1, -0.05) is 0 Å². The zero-order chi connectivity index (χ0) is 25.7. The SMILES string of the molecule is CC(C)(C)OC(=O)CSC(C)(C)C(NS(=O)(=O)c1ccc(Oc2ccc(F)cc2)cc1)C(=O)O. The molecule has 0 aliphatic carbocycles. The average molecular weight is 514 g/mol. The van der Waals surface area contributed by atoms with Crippen molar-refractivity contribution in [3.8, 4) is 11.5 Å². The molecule has 2 aromatic carbocycles. The van der Waals surface area contributed by atoms with Crippen molar-refractivity contribution >= 4 is 33.7 Å². The van der Waals surface area contributed by atoms with Crippen molar-refractivity contribution in [1.82, 2.24) is 4.72 Å². The second kappa shape index (κ2) is 10.7. The number of ether oxygens (including phenoxy) is 2. The van der Waals surface area contributed by atoms with E-state index in [1.165, 1.54) is 62.4 Å². The molecule has 0 radical (unpaired) electrons. The molecule has 0 aliphatic rings. The number of nitrogens with one attached hydrogen (secondary N) is 1. The molecule has 0 aromatic heterocycles. The van der Waals surface area contributed by atoms with Crippen LogP contribution in [0.15, 0.2) is 53.4 Å². The number of thioether (sulfide) groups is 1. The lowest BCUT2D eigenvalue weighted by Crippen LogP contribution is -2.52. The molecule has 1 unspecified atom stereocenters. The maximum absolute atomic E-state index is 13.0. The highest BCUT2D eigenvalue weighted by Gasteiger charge is 2.40. The third kappa shape index (κ3) is 8.30. The Kier molecular flexibility index (Phi) is 8.73. The number of rotatable bonds is 10. The molecule has 8 nitrogen and oxygen atoms in total. The number of carbonyl (C=O) groups is 2. The Labute approximate surface area is 202 Å². The molecule has 0 aliphatic heterocycles. The van der Waals surface area contributed by atoms with Crippen LogP contribution in [-0.2, 0) is 24.3 Å². The van der Waals surface area contributed by atoms with Gasteiger partial charge in [0.2, 0.25) is 10.0 Å². The van der Waals surface area contributed by atoms with Gasteiger partial charge >= 0.3 is 11.9 Å². The van der Waals surface area contributed by atoms with E-state index >= 15 is 0 Å². The number of esters is 1. The van der Waals surface area contributed by atoms with Crippen LogP contribution < -0.4 is 9.46 Å². The average Bonchev–Trinajstić information content (AvgIpc) is 2.71. The topological polar surface area (TPSA) is 119 Å². The summed E-state index contributed by atoms with van der Waals surface area (Å²) >= 11 is 0.975. The summed E-state index contributed by atoms with van der Waals surface area (Å²) in [4.78, 5) is 23.8. The summed E-state index contributed by atoms with van der Waals surface area (Å²) in [6.07, 6.45) is 0. The molecule has 0 fully saturated rings. The lowest BCUT2D eigenvalue weighted by molar-refractivity contribution is -0.151. The second-order valence-electron chi connectivity index (χ2n) is 8.90. The van der Waals surface area contributed by atoms with Crippen molar-refractivity contribution in [2.45, 2.75) is 55.9 Å². The summed E-state index contributed by atoms with van der Waals surface area (Å²) in [7, 11) is -4.22. The van der Waals surface area contributed by atoms with Gasteiger partial charge in [-0.25, -0.2) is 12.8 Å². The van der Waals surface area contributed by atoms with Crippen molar-refractivity contribution in [3.63, 3.8) is 0 Å². The number of carboxylic acid groups (broad SMARTS) is 1. The Morgan fingerprint density at radius 2 is 1.50 bits per heavy atom. The van der Waals surface area contributed by atoms with Gasteiger partial charge < -0.3 is 14.6 Å². The normalized spacial score (nSPS) is 13.2. The van der Waals surface area contributed by atoms with Crippen LogP contribution in [0.5, 0.6) is 11.5 Å². The van der Waals surface area contributed by atoms with Gasteiger partial charge in [0.15, 0.2) is 0 Å². The van der Waals surface area contributed by atoms with Crippen LogP contribution in [0.3, 0.4) is 0 Å². The number of sulfonamides is 1. The molecule has 0 spiro atoms. The second-order valence-corrected chi connectivity index (χ2v) is 12.2. The first-order valence-corrected chi connectivity index (χ1v) is 12.7. The summed E-state index contributed by atoms with van der Waals surface area (Å²) in [5.74, 6) is -1.81. The third-order valence-electron chi connectivity index (χ3n) is 4.38. The van der Waals surface area contributed by atoms with E-state index in [1.54, 1.807) is 20.8 Å². The quantitative estimate of drug-likeness (QED) is 0.454. The lowest BCUT2D eigenvalue weighted by atomic mass is 10.1. The summed E-state index contributed by atoms with van der Waals surface area (Å²) in [5.41, 5.74) is -0.692. The van der Waals surface area contributed by atoms with E-state index < -0.39 is 44.2 Å². The molecular weight excluding hydrogens is 485 g/mol. The van der Waals surface area contributed by atoms with Gasteiger partial charge in [0, 0.05) is 4.75 Å². The van der Waals surface area contributed by atoms with E-state index in [2.05, 4.69) is 4.72 Å². The number of hydrogen-bond acceptors (Lipinski definition) is 7. The molecule has 11 heteroatoms. The number of carboxylic acids is 1. The van der Waals surface area contributed by atoms with Gasteiger partial charge in [-0.2, -0.15) is 4.72 Å². The molecule has 186 valence electrons. The maximum Gasteiger partial charge on any atom is 0.323 e. The molecule has 2 aromatic rings. The number of carbonyl (C=O) groups excluding carboxylic acids is 1. The standard InChI is InChI=1S/C23H28FNO7S2/c1-22(2,3)32-19(26)14-33-23(4,5)20(21(27)28)25-34(29,30)18-12-10-17(11-13-18)31-16-8-6-15(24)7-9-16/h6-13,20,25H,14H2,1-5H3,(H,27,28). The summed E-state index contributed by atoms with van der Waals surface area (Å²) in [6, 6.07) is 9.11. The molecule has 0 bridgehead atoms. The van der Waals surface area contributed by atoms with Crippen molar-refractivity contribution < 1.29 is 37.0 Å². The molecule has 1 atom stereocenters. The summed E-state index contributed by atoms with van der Waals surface area (Å²) in [5, 5.41) is 9.70. The fraction of sp³-hybridized carbons (Fsp3) is 0.391. The minimum atomic E-state index is -4.22. The van der Waals surface area contributed by atoms with Crippen molar-refractivity contribution in [2.24, 2.45) is 0 Å². The van der Waals surface area contributed by atoms with Gasteiger partial charge in [-0.05, 0) is 83.1 Å². The van der Waals surface area contributed by atoms with Gasteiger partial charge in [0.25, 0.3) is 0 Å². The number of hydrogen-bond donors (Lipinski definition) is 2. The lowest BCUT2D eigenvalue weighted by Gasteiger charge is -2.31. The van der Waals surface area contributed by atoms with Gasteiger partial charge in [0.1, 0.15) is 29.0 Å². The summed E-state index contributed by atoms with van der Waals surface area (Å²) in [6.45, 7) is 8.20. The van der Waals surface area contributed by atoms with Gasteiger partial charge in [-0.3, -0.25) is 9.59 Å². The zero-order valence-corrected chi connectivity index (χ0v) is 21.1. The van der Waals surface area contributed by atoms with Crippen molar-refractivity contribution in [1.29, 1.82) is 0 Å². The monoisotopic (exact) mass is 513 g/mol. The molecule has 0 saturated heterocycles. The largest absolute Gasteiger partial charge is 0.480 e. The fourth-order valence-electron chi connectivity index (χ4n) is 2.74. The molecule has 2 rings (SSSR count). The highest BCUT2D eigenvalue weighted by molar-refractivity contribution is 8.01. The van der Waals surface area contributed by atoms with E-state index in [9.17, 15) is 27.5 Å². The first-order chi connectivity index (χ1) is 15.6. The Bertz CT molecular complexity index is 1110. The van der Waals surface area contributed by atoms with Crippen LogP contribution in [0, 0.1) is 5.82 Å². The predicted octanol–water partition coefficient (Wildman–Crippen LogP) is 4.20. The van der Waals surface area contributed by atoms with E-state index in [4.69, 9.17) is 9.47 Å². The van der Waals surface area contributed by atoms with Gasteiger partial charge in [0.05, 0.1) is 10.6 Å². The number of halogens is 1. The highest BCUT2D eigenvalue weighted by Crippen LogP contribution is 2.30. The molecule has 34 heavy (non-hydrogen) atoms. The minimum absolute atomic E-state index is 0.148. The first-order valence-electron chi connectivity index (χ1n) is 10.2. The van der Waals surface area contributed by atoms with Crippen LogP contribution in [0.2, 0.25) is 0 Å². The first kappa shape index (κ1) is 27.6. The third-order valence-corrected chi connectivity index (χ3v) is 7.18. The molecule has 0 heterocycles. The van der Waals surface area contributed by atoms with Crippen LogP contribution >= 0.6 is 11.8 Å². The summed E-state index contributed by atoms with van der Waals surface area (Å²) < 4.78 is 50.6. The van der Waals surface area contributed by atoms with Crippen LogP contribution in [-0.4, -0.2) is 47.6 Å². The number of aliphatic carboxylic acids is 1. The highest BCUT2D eigenvalue weighted by atomic mass is 32.2. The Balaban J connectivity index is 2.11. The Morgan fingerprint density at radius 3 is 1.97 bits per heavy atom. The zero-order valence-electron chi connectivity index (χ0n) is 19.5. The molecule has 0 amide bonds. The van der Waals surface area contributed by atoms with E-state index in [1.807, 2.05) is 0 Å². The van der Waals surface area contributed by atoms with Crippen LogP contribution in [0.4, 0.5) is 4.39 Å². The molecule has 0 saturated carbocycles. The van der Waals surface area contributed by atoms with E-state index in [0.29, 0.717) is 11.5 Å². The molecule has 2 N–H and O–H groups in total. The van der Waals surface area contributed by atoms with Crippen LogP contribution in [0.25, 0.3) is 0 Å². The number of benzene rings is 2. The van der Waals surface area contributed by atoms with Crippen molar-refractivity contribution in [2.75, 3.05) is 5.75 Å². The van der Waals surface area contributed by atoms with E-state index in [0.717, 1.165) is 11.8 Å². The van der Waals surface area contributed by atoms with Gasteiger partial charge in [-0.15, -0.1) is 11.8 Å². The van der Waals surface area contributed by atoms with Crippen LogP contribution in [0.1, 0.15) is 34.6 Å². The molecular formula is C23H28FNO7S2. The Hall–Kier alpha value is -2.63. The van der Waals surface area contributed by atoms with Crippen molar-refractivity contribution in [3.05, 3.63) is 54.3 Å². The minimum Gasteiger partial charge on any atom is -0.480 e. The smallest absolute Gasteiger partial charge is 0.323 e. The predicted molar refractivity (Wildman–Crippen MR) is 127 cm³/mol. The Morgan fingerprint density at radius 1 is 1.00 bits per heavy atom. The maximum atomic E-state index is 13.0. The van der Waals surface area contributed by atoms with E-state index in [-0.39, 0.29) is 10.6 Å². The fourth-order valence-corrected chi connectivity index (χ4v) is 5.02.